The van der Waals surface area contributed by atoms with Gasteiger partial charge in [0.25, 0.3) is 0 Å². The highest BCUT2D eigenvalue weighted by molar-refractivity contribution is 5.69. The quantitative estimate of drug-likeness (QED) is 0.587. The number of oxazole rings is 1. The zero-order chi connectivity index (χ0) is 20.2. The Bertz CT molecular complexity index is 966. The first-order valence-electron chi connectivity index (χ1n) is 9.77. The summed E-state index contributed by atoms with van der Waals surface area (Å²) in [6.45, 7) is 5.50. The van der Waals surface area contributed by atoms with Gasteiger partial charge in [0.15, 0.2) is 0 Å². The lowest BCUT2D eigenvalue weighted by Crippen LogP contribution is -2.24. The van der Waals surface area contributed by atoms with Gasteiger partial charge in [0, 0.05) is 18.5 Å². The molecule has 0 N–H and O–H groups in total. The molecule has 2 aromatic carbocycles. The van der Waals surface area contributed by atoms with Crippen molar-refractivity contribution in [2.75, 3.05) is 13.2 Å². The number of aromatic nitrogens is 1. The molecule has 1 unspecified atom stereocenters. The van der Waals surface area contributed by atoms with Crippen LogP contribution in [-0.2, 0) is 17.7 Å². The van der Waals surface area contributed by atoms with E-state index in [9.17, 15) is 4.79 Å². The first-order valence-corrected chi connectivity index (χ1v) is 9.77. The van der Waals surface area contributed by atoms with Crippen LogP contribution in [0.3, 0.4) is 0 Å². The predicted octanol–water partition coefficient (Wildman–Crippen LogP) is 4.61. The number of nitrogens with zero attached hydrogens (tertiary/aromatic N) is 2. The number of ether oxygens (including phenoxy) is 2. The normalized spacial score (nSPS) is 16.1. The molecule has 1 atom stereocenters. The van der Waals surface area contributed by atoms with Gasteiger partial charge in [-0.3, -0.25) is 0 Å². The van der Waals surface area contributed by atoms with Crippen LogP contribution in [0.5, 0.6) is 5.75 Å². The van der Waals surface area contributed by atoms with Crippen molar-refractivity contribution in [3.63, 3.8) is 0 Å². The van der Waals surface area contributed by atoms with E-state index < -0.39 is 0 Å². The Balaban J connectivity index is 1.30. The van der Waals surface area contributed by atoms with E-state index in [2.05, 4.69) is 4.98 Å². The molecule has 0 bridgehead atoms. The minimum atomic E-state index is -0.254. The summed E-state index contributed by atoms with van der Waals surface area (Å²) >= 11 is 0. The van der Waals surface area contributed by atoms with Crippen molar-refractivity contribution < 1.29 is 18.7 Å². The van der Waals surface area contributed by atoms with Crippen LogP contribution < -0.4 is 4.74 Å². The Kier molecular flexibility index (Phi) is 5.51. The summed E-state index contributed by atoms with van der Waals surface area (Å²) in [5, 5.41) is 0. The maximum absolute atomic E-state index is 11.7. The van der Waals surface area contributed by atoms with E-state index in [0.717, 1.165) is 28.3 Å². The minimum Gasteiger partial charge on any atom is -0.493 e. The van der Waals surface area contributed by atoms with Crippen LogP contribution in [0.25, 0.3) is 11.5 Å². The fourth-order valence-electron chi connectivity index (χ4n) is 3.34. The van der Waals surface area contributed by atoms with Crippen LogP contribution in [-0.4, -0.2) is 35.2 Å². The number of rotatable bonds is 7. The zero-order valence-corrected chi connectivity index (χ0v) is 16.6. The SMILES string of the molecule is Cc1oc(-c2ccccc2)nc1CCOc1ccc(CN2CC(C)OC2=O)cc1. The number of cyclic esters (lactones) is 1. The molecule has 6 nitrogen and oxygen atoms in total. The van der Waals surface area contributed by atoms with Crippen LogP contribution in [0.1, 0.15) is 23.9 Å². The fraction of sp³-hybridized carbons (Fsp3) is 0.304. The molecular weight excluding hydrogens is 368 g/mol. The summed E-state index contributed by atoms with van der Waals surface area (Å²) in [4.78, 5) is 18.0. The van der Waals surface area contributed by atoms with Gasteiger partial charge < -0.3 is 18.8 Å². The fourth-order valence-corrected chi connectivity index (χ4v) is 3.34. The summed E-state index contributed by atoms with van der Waals surface area (Å²) in [5.74, 6) is 2.24. The molecule has 1 saturated heterocycles. The first kappa shape index (κ1) is 19.1. The average Bonchev–Trinajstić information content (AvgIpc) is 3.25. The van der Waals surface area contributed by atoms with Crippen molar-refractivity contribution in [1.29, 1.82) is 0 Å². The van der Waals surface area contributed by atoms with E-state index in [-0.39, 0.29) is 12.2 Å². The second-order valence-corrected chi connectivity index (χ2v) is 7.21. The lowest BCUT2D eigenvalue weighted by molar-refractivity contribution is 0.137. The van der Waals surface area contributed by atoms with Gasteiger partial charge in [0.1, 0.15) is 17.6 Å². The van der Waals surface area contributed by atoms with E-state index in [0.29, 0.717) is 32.0 Å². The number of aryl methyl sites for hydroxylation is 1. The summed E-state index contributed by atoms with van der Waals surface area (Å²) < 4.78 is 16.8. The molecule has 1 aliphatic rings. The first-order chi connectivity index (χ1) is 14.1. The summed E-state index contributed by atoms with van der Waals surface area (Å²) in [7, 11) is 0. The average molecular weight is 392 g/mol. The molecule has 0 spiro atoms. The number of benzene rings is 2. The number of amides is 1. The Labute approximate surface area is 170 Å². The molecule has 2 heterocycles. The number of carbonyl (C=O) groups excluding carboxylic acids is 1. The molecule has 1 aromatic heterocycles. The zero-order valence-electron chi connectivity index (χ0n) is 16.6. The molecule has 3 aromatic rings. The topological polar surface area (TPSA) is 64.8 Å². The molecular formula is C23H24N2O4. The highest BCUT2D eigenvalue weighted by atomic mass is 16.6. The van der Waals surface area contributed by atoms with Crippen LogP contribution in [0.4, 0.5) is 4.79 Å². The van der Waals surface area contributed by atoms with Crippen molar-refractivity contribution in [2.45, 2.75) is 32.9 Å². The van der Waals surface area contributed by atoms with Crippen molar-refractivity contribution in [3.05, 3.63) is 71.6 Å². The lowest BCUT2D eigenvalue weighted by atomic mass is 10.2. The van der Waals surface area contributed by atoms with Crippen molar-refractivity contribution in [1.82, 2.24) is 9.88 Å². The lowest BCUT2D eigenvalue weighted by Gasteiger charge is -2.13. The van der Waals surface area contributed by atoms with Gasteiger partial charge in [-0.2, -0.15) is 0 Å². The van der Waals surface area contributed by atoms with Gasteiger partial charge in [-0.15, -0.1) is 0 Å². The minimum absolute atomic E-state index is 0.0486. The van der Waals surface area contributed by atoms with E-state index in [1.165, 1.54) is 0 Å². The van der Waals surface area contributed by atoms with Crippen molar-refractivity contribution in [3.8, 4) is 17.2 Å². The molecule has 4 rings (SSSR count). The predicted molar refractivity (Wildman–Crippen MR) is 109 cm³/mol. The molecule has 29 heavy (non-hydrogen) atoms. The monoisotopic (exact) mass is 392 g/mol. The third-order valence-electron chi connectivity index (χ3n) is 4.86. The van der Waals surface area contributed by atoms with E-state index in [1.807, 2.05) is 68.4 Å². The van der Waals surface area contributed by atoms with Crippen LogP contribution in [0.15, 0.2) is 59.0 Å². The molecule has 6 heteroatoms. The molecule has 1 aliphatic heterocycles. The van der Waals surface area contributed by atoms with Gasteiger partial charge in [0.05, 0.1) is 18.8 Å². The van der Waals surface area contributed by atoms with Crippen LogP contribution >= 0.6 is 0 Å². The molecule has 0 saturated carbocycles. The van der Waals surface area contributed by atoms with Crippen LogP contribution in [0.2, 0.25) is 0 Å². The van der Waals surface area contributed by atoms with E-state index >= 15 is 0 Å². The number of carbonyl (C=O) groups is 1. The maximum Gasteiger partial charge on any atom is 0.410 e. The summed E-state index contributed by atoms with van der Waals surface area (Å²) in [6.07, 6.45) is 0.365. The van der Waals surface area contributed by atoms with Crippen molar-refractivity contribution >= 4 is 6.09 Å². The molecule has 0 radical (unpaired) electrons. The highest BCUT2D eigenvalue weighted by Gasteiger charge is 2.27. The third kappa shape index (κ3) is 4.59. The van der Waals surface area contributed by atoms with Crippen LogP contribution in [0, 0.1) is 6.92 Å². The van der Waals surface area contributed by atoms with Gasteiger partial charge in [-0.05, 0) is 43.7 Å². The largest absolute Gasteiger partial charge is 0.493 e. The van der Waals surface area contributed by atoms with Gasteiger partial charge in [-0.1, -0.05) is 30.3 Å². The Hall–Kier alpha value is -3.28. The maximum atomic E-state index is 11.7. The Morgan fingerprint density at radius 3 is 2.59 bits per heavy atom. The van der Waals surface area contributed by atoms with Crippen molar-refractivity contribution in [2.24, 2.45) is 0 Å². The highest BCUT2D eigenvalue weighted by Crippen LogP contribution is 2.22. The summed E-state index contributed by atoms with van der Waals surface area (Å²) in [5.41, 5.74) is 2.92. The number of hydrogen-bond donors (Lipinski definition) is 0. The molecule has 150 valence electrons. The van der Waals surface area contributed by atoms with Gasteiger partial charge in [-0.25, -0.2) is 9.78 Å². The second-order valence-electron chi connectivity index (χ2n) is 7.21. The third-order valence-corrected chi connectivity index (χ3v) is 4.86. The molecule has 1 fully saturated rings. The summed E-state index contributed by atoms with van der Waals surface area (Å²) in [6, 6.07) is 17.7. The van der Waals surface area contributed by atoms with E-state index in [1.54, 1.807) is 4.90 Å². The van der Waals surface area contributed by atoms with Gasteiger partial charge in [0.2, 0.25) is 5.89 Å². The Morgan fingerprint density at radius 1 is 1.14 bits per heavy atom. The molecule has 0 aliphatic carbocycles. The molecule has 1 amide bonds. The standard InChI is InChI=1S/C23H24N2O4/c1-16-14-25(23(26)28-16)15-18-8-10-20(11-9-18)27-13-12-21-17(2)29-22(24-21)19-6-4-3-5-7-19/h3-11,16H,12-15H2,1-2H3. The van der Waals surface area contributed by atoms with Gasteiger partial charge >= 0.3 is 6.09 Å². The second kappa shape index (κ2) is 8.39. The van der Waals surface area contributed by atoms with E-state index in [4.69, 9.17) is 13.9 Å². The smallest absolute Gasteiger partial charge is 0.410 e. The number of hydrogen-bond acceptors (Lipinski definition) is 5. The Morgan fingerprint density at radius 2 is 1.90 bits per heavy atom.